The van der Waals surface area contributed by atoms with Gasteiger partial charge in [0.25, 0.3) is 0 Å². The SMILES string of the molecule is CCCCCCCCCCCCCCCCOCC(COC(=O)NC(=O)NCC)OC.CN(C)C.I. The highest BCUT2D eigenvalue weighted by atomic mass is 127. The Morgan fingerprint density at radius 2 is 1.19 bits per heavy atom. The maximum atomic E-state index is 11.5. The van der Waals surface area contributed by atoms with Crippen molar-refractivity contribution >= 4 is 36.1 Å². The first-order chi connectivity index (χ1) is 16.9. The first kappa shape index (κ1) is 39.9. The molecule has 218 valence electrons. The summed E-state index contributed by atoms with van der Waals surface area (Å²) in [4.78, 5) is 24.7. The Balaban J connectivity index is -0.00000201. The van der Waals surface area contributed by atoms with Crippen LogP contribution in [0.4, 0.5) is 9.59 Å². The van der Waals surface area contributed by atoms with E-state index in [2.05, 4.69) is 17.6 Å². The highest BCUT2D eigenvalue weighted by molar-refractivity contribution is 14.0. The molecule has 0 bridgehead atoms. The third kappa shape index (κ3) is 35.5. The number of urea groups is 1. The van der Waals surface area contributed by atoms with Gasteiger partial charge in [0.2, 0.25) is 0 Å². The van der Waals surface area contributed by atoms with Crippen LogP contribution in [0.2, 0.25) is 0 Å². The number of nitrogens with zero attached hydrogens (tertiary/aromatic N) is 1. The van der Waals surface area contributed by atoms with Crippen LogP contribution >= 0.6 is 24.0 Å². The fourth-order valence-corrected chi connectivity index (χ4v) is 3.30. The van der Waals surface area contributed by atoms with Gasteiger partial charge in [0.15, 0.2) is 0 Å². The number of unbranched alkanes of at least 4 members (excludes halogenated alkanes) is 13. The molecule has 0 aliphatic heterocycles. The molecule has 0 aromatic heterocycles. The second-order valence-electron chi connectivity index (χ2n) is 9.45. The molecule has 1 atom stereocenters. The number of amides is 3. The number of halogens is 1. The summed E-state index contributed by atoms with van der Waals surface area (Å²) in [5.74, 6) is 0. The normalized spacial score (nSPS) is 11.2. The van der Waals surface area contributed by atoms with Gasteiger partial charge in [-0.2, -0.15) is 0 Å². The van der Waals surface area contributed by atoms with Crippen LogP contribution in [0.15, 0.2) is 0 Å². The van der Waals surface area contributed by atoms with E-state index < -0.39 is 12.1 Å². The third-order valence-electron chi connectivity index (χ3n) is 5.23. The van der Waals surface area contributed by atoms with Gasteiger partial charge in [0.1, 0.15) is 12.7 Å². The molecule has 0 spiro atoms. The van der Waals surface area contributed by atoms with E-state index in [1.54, 1.807) is 14.0 Å². The standard InChI is InChI=1S/C24H48N2O5.C3H9N.HI/c1-4-6-7-8-9-10-11-12-13-14-15-16-17-18-19-30-20-22(29-3)21-31-24(28)26-23(27)25-5-2;1-4(2)3;/h22H,4-21H2,1-3H3,(H2,25,26,27,28);1-3H3;1H. The Morgan fingerprint density at radius 1 is 0.750 bits per heavy atom. The van der Waals surface area contributed by atoms with Gasteiger partial charge in [-0.15, -0.1) is 24.0 Å². The van der Waals surface area contributed by atoms with Crippen molar-refractivity contribution in [1.82, 2.24) is 15.5 Å². The lowest BCUT2D eigenvalue weighted by molar-refractivity contribution is -0.0244. The van der Waals surface area contributed by atoms with E-state index in [9.17, 15) is 9.59 Å². The van der Waals surface area contributed by atoms with Gasteiger partial charge in [-0.05, 0) is 34.5 Å². The number of hydrogen-bond donors (Lipinski definition) is 2. The van der Waals surface area contributed by atoms with E-state index in [4.69, 9.17) is 14.2 Å². The van der Waals surface area contributed by atoms with Crippen molar-refractivity contribution < 1.29 is 23.8 Å². The summed E-state index contributed by atoms with van der Waals surface area (Å²) in [6.07, 6.45) is 17.5. The summed E-state index contributed by atoms with van der Waals surface area (Å²) < 4.78 is 15.9. The van der Waals surface area contributed by atoms with Crippen molar-refractivity contribution in [3.8, 4) is 0 Å². The highest BCUT2D eigenvalue weighted by Crippen LogP contribution is 2.13. The fraction of sp³-hybridized carbons (Fsp3) is 0.926. The molecule has 0 aliphatic rings. The lowest BCUT2D eigenvalue weighted by Gasteiger charge is -2.16. The minimum absolute atomic E-state index is 0. The van der Waals surface area contributed by atoms with Crippen molar-refractivity contribution in [2.75, 3.05) is 54.6 Å². The third-order valence-corrected chi connectivity index (χ3v) is 5.23. The molecule has 9 heteroatoms. The predicted octanol–water partition coefficient (Wildman–Crippen LogP) is 6.75. The monoisotopic (exact) mass is 631 g/mol. The van der Waals surface area contributed by atoms with Crippen molar-refractivity contribution in [1.29, 1.82) is 0 Å². The summed E-state index contributed by atoms with van der Waals surface area (Å²) >= 11 is 0. The van der Waals surface area contributed by atoms with Crippen LogP contribution < -0.4 is 10.6 Å². The van der Waals surface area contributed by atoms with Crippen LogP contribution in [0.25, 0.3) is 0 Å². The Hall–Kier alpha value is -0.650. The van der Waals surface area contributed by atoms with Crippen molar-refractivity contribution in [3.05, 3.63) is 0 Å². The fourth-order valence-electron chi connectivity index (χ4n) is 3.30. The molecule has 0 rings (SSSR count). The molecule has 0 aromatic rings. The second kappa shape index (κ2) is 32.4. The molecule has 3 amide bonds. The van der Waals surface area contributed by atoms with E-state index in [-0.39, 0.29) is 36.7 Å². The molecular weight excluding hydrogens is 573 g/mol. The quantitative estimate of drug-likeness (QED) is 0.108. The van der Waals surface area contributed by atoms with Gasteiger partial charge in [0, 0.05) is 20.3 Å². The lowest BCUT2D eigenvalue weighted by atomic mass is 10.0. The molecule has 36 heavy (non-hydrogen) atoms. The van der Waals surface area contributed by atoms with Crippen LogP contribution in [-0.2, 0) is 14.2 Å². The van der Waals surface area contributed by atoms with Gasteiger partial charge in [-0.3, -0.25) is 0 Å². The van der Waals surface area contributed by atoms with Gasteiger partial charge in [-0.1, -0.05) is 90.4 Å². The average Bonchev–Trinajstić information content (AvgIpc) is 2.80. The largest absolute Gasteiger partial charge is 0.446 e. The number of hydrogen-bond acceptors (Lipinski definition) is 6. The van der Waals surface area contributed by atoms with Gasteiger partial charge in [0.05, 0.1) is 6.61 Å². The molecule has 0 aromatic carbocycles. The molecule has 8 nitrogen and oxygen atoms in total. The second-order valence-corrected chi connectivity index (χ2v) is 9.45. The molecule has 0 aliphatic carbocycles. The molecule has 0 fully saturated rings. The molecule has 0 heterocycles. The van der Waals surface area contributed by atoms with Gasteiger partial charge < -0.3 is 24.4 Å². The van der Waals surface area contributed by atoms with Crippen molar-refractivity contribution in [2.24, 2.45) is 0 Å². The minimum Gasteiger partial charge on any atom is -0.446 e. The maximum Gasteiger partial charge on any atom is 0.415 e. The zero-order chi connectivity index (χ0) is 26.6. The Morgan fingerprint density at radius 3 is 1.61 bits per heavy atom. The molecular formula is C27H58IN3O5. The van der Waals surface area contributed by atoms with Crippen LogP contribution in [-0.4, -0.2) is 77.7 Å². The number of nitrogens with one attached hydrogen (secondary N) is 2. The molecule has 1 unspecified atom stereocenters. The predicted molar refractivity (Wildman–Crippen MR) is 161 cm³/mol. The topological polar surface area (TPSA) is 89.1 Å². The van der Waals surface area contributed by atoms with Crippen LogP contribution in [0.3, 0.4) is 0 Å². The van der Waals surface area contributed by atoms with E-state index in [1.165, 1.54) is 83.5 Å². The summed E-state index contributed by atoms with van der Waals surface area (Å²) in [5, 5.41) is 4.53. The molecule has 2 N–H and O–H groups in total. The Labute approximate surface area is 239 Å². The first-order valence-electron chi connectivity index (χ1n) is 13.8. The number of rotatable bonds is 21. The molecule has 0 radical (unpaired) electrons. The summed E-state index contributed by atoms with van der Waals surface area (Å²) in [5.41, 5.74) is 0. The Kier molecular flexibility index (Phi) is 35.8. The summed E-state index contributed by atoms with van der Waals surface area (Å²) in [6, 6.07) is -0.574. The van der Waals surface area contributed by atoms with Crippen LogP contribution in [0, 0.1) is 0 Å². The maximum absolute atomic E-state index is 11.5. The number of carbonyl (C=O) groups is 2. The smallest absolute Gasteiger partial charge is 0.415 e. The summed E-state index contributed by atoms with van der Waals surface area (Å²) in [7, 11) is 7.55. The molecule has 0 saturated heterocycles. The van der Waals surface area contributed by atoms with E-state index >= 15 is 0 Å². The first-order valence-corrected chi connectivity index (χ1v) is 13.8. The van der Waals surface area contributed by atoms with E-state index in [0.29, 0.717) is 19.8 Å². The van der Waals surface area contributed by atoms with E-state index in [1.807, 2.05) is 26.0 Å². The number of ether oxygens (including phenoxy) is 3. The zero-order valence-corrected chi connectivity index (χ0v) is 26.5. The lowest BCUT2D eigenvalue weighted by Crippen LogP contribution is -2.40. The number of alkyl carbamates (subject to hydrolysis) is 1. The van der Waals surface area contributed by atoms with Crippen LogP contribution in [0.5, 0.6) is 0 Å². The number of carbonyl (C=O) groups excluding carboxylic acids is 2. The minimum atomic E-state index is -0.792. The highest BCUT2D eigenvalue weighted by Gasteiger charge is 2.13. The zero-order valence-electron chi connectivity index (χ0n) is 24.2. The molecule has 0 saturated carbocycles. The Bertz CT molecular complexity index is 468. The summed E-state index contributed by atoms with van der Waals surface area (Å²) in [6.45, 7) is 5.56. The van der Waals surface area contributed by atoms with E-state index in [0.717, 1.165) is 6.42 Å². The van der Waals surface area contributed by atoms with Crippen LogP contribution in [0.1, 0.15) is 104 Å². The number of imide groups is 1. The average molecular weight is 632 g/mol. The van der Waals surface area contributed by atoms with Crippen molar-refractivity contribution in [3.63, 3.8) is 0 Å². The van der Waals surface area contributed by atoms with Gasteiger partial charge >= 0.3 is 12.1 Å². The number of methoxy groups -OCH3 is 1. The van der Waals surface area contributed by atoms with Gasteiger partial charge in [-0.25, -0.2) is 14.9 Å². The van der Waals surface area contributed by atoms with Crippen molar-refractivity contribution in [2.45, 2.75) is 110 Å².